The van der Waals surface area contributed by atoms with Crippen molar-refractivity contribution in [2.45, 2.75) is 33.2 Å². The van der Waals surface area contributed by atoms with Crippen molar-refractivity contribution >= 4 is 11.9 Å². The summed E-state index contributed by atoms with van der Waals surface area (Å²) in [4.78, 5) is 18.7. The number of aliphatic imine (C=N–C) groups is 1. The molecule has 1 aromatic rings. The van der Waals surface area contributed by atoms with Gasteiger partial charge < -0.3 is 15.0 Å². The van der Waals surface area contributed by atoms with E-state index < -0.39 is 0 Å². The molecule has 134 valence electrons. The quantitative estimate of drug-likeness (QED) is 0.505. The molecule has 1 aliphatic heterocycles. The van der Waals surface area contributed by atoms with Crippen LogP contribution in [-0.4, -0.2) is 43.1 Å². The number of hydrogen-bond acceptors (Lipinski definition) is 4. The van der Waals surface area contributed by atoms with Crippen LogP contribution in [0.15, 0.2) is 29.3 Å². The molecule has 1 N–H and O–H groups in total. The van der Waals surface area contributed by atoms with Gasteiger partial charge in [-0.25, -0.2) is 4.99 Å². The largest absolute Gasteiger partial charge is 0.466 e. The Morgan fingerprint density at radius 2 is 2.16 bits per heavy atom. The van der Waals surface area contributed by atoms with E-state index >= 15 is 0 Å². The van der Waals surface area contributed by atoms with Gasteiger partial charge in [-0.15, -0.1) is 0 Å². The maximum atomic E-state index is 11.9. The van der Waals surface area contributed by atoms with Crippen molar-refractivity contribution < 1.29 is 9.53 Å². The van der Waals surface area contributed by atoms with E-state index in [2.05, 4.69) is 16.3 Å². The summed E-state index contributed by atoms with van der Waals surface area (Å²) in [6.45, 7) is 7.19. The lowest BCUT2D eigenvalue weighted by Gasteiger charge is -2.33. The van der Waals surface area contributed by atoms with Crippen molar-refractivity contribution in [1.29, 1.82) is 5.26 Å². The third-order valence-electron chi connectivity index (χ3n) is 4.22. The summed E-state index contributed by atoms with van der Waals surface area (Å²) >= 11 is 0. The Bertz CT molecular complexity index is 643. The van der Waals surface area contributed by atoms with E-state index in [9.17, 15) is 4.79 Å². The zero-order valence-corrected chi connectivity index (χ0v) is 15.0. The molecule has 1 aliphatic rings. The summed E-state index contributed by atoms with van der Waals surface area (Å²) in [6.07, 6.45) is 1.57. The average molecular weight is 342 g/mol. The van der Waals surface area contributed by atoms with Gasteiger partial charge in [-0.1, -0.05) is 12.1 Å². The highest BCUT2D eigenvalue weighted by Crippen LogP contribution is 2.19. The van der Waals surface area contributed by atoms with Crippen LogP contribution in [0, 0.1) is 17.2 Å². The zero-order chi connectivity index (χ0) is 18.1. The lowest BCUT2D eigenvalue weighted by Crippen LogP contribution is -2.46. The van der Waals surface area contributed by atoms with Crippen LogP contribution < -0.4 is 5.32 Å². The Morgan fingerprint density at radius 1 is 1.40 bits per heavy atom. The van der Waals surface area contributed by atoms with E-state index in [0.717, 1.165) is 44.0 Å². The van der Waals surface area contributed by atoms with E-state index in [1.54, 1.807) is 6.07 Å². The minimum atomic E-state index is -0.0857. The van der Waals surface area contributed by atoms with Crippen LogP contribution in [0.4, 0.5) is 0 Å². The predicted octanol–water partition coefficient (Wildman–Crippen LogP) is 2.30. The predicted molar refractivity (Wildman–Crippen MR) is 96.9 cm³/mol. The summed E-state index contributed by atoms with van der Waals surface area (Å²) < 4.78 is 5.12. The Kier molecular flexibility index (Phi) is 7.27. The number of guanidine groups is 1. The van der Waals surface area contributed by atoms with E-state index in [1.165, 1.54) is 0 Å². The van der Waals surface area contributed by atoms with E-state index in [4.69, 9.17) is 15.0 Å². The van der Waals surface area contributed by atoms with Gasteiger partial charge in [0, 0.05) is 19.6 Å². The standard InChI is InChI=1S/C19H26N4O2/c1-3-21-19(22-14-16-7-5-6-15(12-16)13-20)23-10-8-17(9-11-23)18(24)25-4-2/h5-7,12,17H,3-4,8-11,14H2,1-2H3,(H,21,22). The molecule has 0 radical (unpaired) electrons. The number of benzene rings is 1. The average Bonchev–Trinajstić information content (AvgIpc) is 2.65. The molecule has 1 fully saturated rings. The Morgan fingerprint density at radius 3 is 2.80 bits per heavy atom. The van der Waals surface area contributed by atoms with Gasteiger partial charge in [0.25, 0.3) is 0 Å². The second kappa shape index (κ2) is 9.67. The summed E-state index contributed by atoms with van der Waals surface area (Å²) in [5, 5.41) is 12.3. The van der Waals surface area contributed by atoms with E-state index in [0.29, 0.717) is 18.7 Å². The lowest BCUT2D eigenvalue weighted by molar-refractivity contribution is -0.149. The number of rotatable bonds is 5. The molecule has 0 spiro atoms. The highest BCUT2D eigenvalue weighted by molar-refractivity contribution is 5.80. The summed E-state index contributed by atoms with van der Waals surface area (Å²) in [5.74, 6) is 0.760. The molecule has 0 atom stereocenters. The van der Waals surface area contributed by atoms with Crippen LogP contribution in [0.1, 0.15) is 37.8 Å². The van der Waals surface area contributed by atoms with Crippen molar-refractivity contribution in [3.8, 4) is 6.07 Å². The van der Waals surface area contributed by atoms with Crippen LogP contribution in [0.25, 0.3) is 0 Å². The molecule has 2 rings (SSSR count). The number of nitrogens with zero attached hydrogens (tertiary/aromatic N) is 3. The van der Waals surface area contributed by atoms with Crippen molar-refractivity contribution in [1.82, 2.24) is 10.2 Å². The molecular formula is C19H26N4O2. The first-order chi connectivity index (χ1) is 12.2. The lowest BCUT2D eigenvalue weighted by atomic mass is 9.97. The molecule has 1 saturated heterocycles. The highest BCUT2D eigenvalue weighted by atomic mass is 16.5. The molecule has 6 heteroatoms. The number of nitriles is 1. The number of piperidine rings is 1. The minimum absolute atomic E-state index is 0.00798. The smallest absolute Gasteiger partial charge is 0.309 e. The fourth-order valence-corrected chi connectivity index (χ4v) is 2.92. The van der Waals surface area contributed by atoms with E-state index in [-0.39, 0.29) is 11.9 Å². The van der Waals surface area contributed by atoms with Gasteiger partial charge >= 0.3 is 5.97 Å². The third kappa shape index (κ3) is 5.49. The normalized spacial score (nSPS) is 15.6. The zero-order valence-electron chi connectivity index (χ0n) is 15.0. The molecule has 0 aliphatic carbocycles. The number of nitrogens with one attached hydrogen (secondary N) is 1. The molecule has 6 nitrogen and oxygen atoms in total. The van der Waals surface area contributed by atoms with Gasteiger partial charge in [0.15, 0.2) is 5.96 Å². The third-order valence-corrected chi connectivity index (χ3v) is 4.22. The number of carbonyl (C=O) groups is 1. The summed E-state index contributed by atoms with van der Waals surface area (Å²) in [5.41, 5.74) is 1.66. The van der Waals surface area contributed by atoms with Gasteiger partial charge in [-0.3, -0.25) is 4.79 Å². The molecule has 0 bridgehead atoms. The fourth-order valence-electron chi connectivity index (χ4n) is 2.92. The van der Waals surface area contributed by atoms with Crippen LogP contribution >= 0.6 is 0 Å². The fraction of sp³-hybridized carbons (Fsp3) is 0.526. The van der Waals surface area contributed by atoms with Crippen LogP contribution in [0.5, 0.6) is 0 Å². The monoisotopic (exact) mass is 342 g/mol. The number of likely N-dealkylation sites (tertiary alicyclic amines) is 1. The highest BCUT2D eigenvalue weighted by Gasteiger charge is 2.27. The van der Waals surface area contributed by atoms with Gasteiger partial charge in [-0.2, -0.15) is 5.26 Å². The molecule has 1 heterocycles. The molecule has 1 aromatic carbocycles. The molecular weight excluding hydrogens is 316 g/mol. The molecule has 25 heavy (non-hydrogen) atoms. The number of carbonyl (C=O) groups excluding carboxylic acids is 1. The maximum absolute atomic E-state index is 11.9. The number of hydrogen-bond donors (Lipinski definition) is 1. The Hall–Kier alpha value is -2.55. The maximum Gasteiger partial charge on any atom is 0.309 e. The first-order valence-electron chi connectivity index (χ1n) is 8.86. The Balaban J connectivity index is 1.98. The SMILES string of the molecule is CCNC(=NCc1cccc(C#N)c1)N1CCC(C(=O)OCC)CC1. The van der Waals surface area contributed by atoms with Crippen LogP contribution in [-0.2, 0) is 16.1 Å². The van der Waals surface area contributed by atoms with Gasteiger partial charge in [0.05, 0.1) is 30.7 Å². The van der Waals surface area contributed by atoms with Crippen molar-refractivity contribution in [3.63, 3.8) is 0 Å². The summed E-state index contributed by atoms with van der Waals surface area (Å²) in [6, 6.07) is 9.65. The van der Waals surface area contributed by atoms with Crippen LogP contribution in [0.3, 0.4) is 0 Å². The first-order valence-corrected chi connectivity index (χ1v) is 8.86. The number of esters is 1. The van der Waals surface area contributed by atoms with Gasteiger partial charge in [0.1, 0.15) is 0 Å². The van der Waals surface area contributed by atoms with Gasteiger partial charge in [-0.05, 0) is 44.4 Å². The molecule has 0 aromatic heterocycles. The van der Waals surface area contributed by atoms with Crippen molar-refractivity contribution in [3.05, 3.63) is 35.4 Å². The Labute approximate surface area is 149 Å². The minimum Gasteiger partial charge on any atom is -0.466 e. The van der Waals surface area contributed by atoms with Crippen LogP contribution in [0.2, 0.25) is 0 Å². The molecule has 0 saturated carbocycles. The first kappa shape index (κ1) is 18.8. The second-order valence-electron chi connectivity index (χ2n) is 6.00. The van der Waals surface area contributed by atoms with Crippen molar-refractivity contribution in [2.75, 3.05) is 26.2 Å². The topological polar surface area (TPSA) is 77.7 Å². The van der Waals surface area contributed by atoms with E-state index in [1.807, 2.05) is 32.0 Å². The molecule has 0 amide bonds. The number of ether oxygens (including phenoxy) is 1. The van der Waals surface area contributed by atoms with Crippen molar-refractivity contribution in [2.24, 2.45) is 10.9 Å². The second-order valence-corrected chi connectivity index (χ2v) is 6.00. The summed E-state index contributed by atoms with van der Waals surface area (Å²) in [7, 11) is 0. The molecule has 0 unspecified atom stereocenters. The van der Waals surface area contributed by atoms with Gasteiger partial charge in [0.2, 0.25) is 0 Å².